The van der Waals surface area contributed by atoms with E-state index >= 15 is 0 Å². The van der Waals surface area contributed by atoms with Crippen LogP contribution in [-0.4, -0.2) is 11.9 Å². The van der Waals surface area contributed by atoms with Crippen molar-refractivity contribution in [2.24, 2.45) is 4.99 Å². The van der Waals surface area contributed by atoms with Crippen molar-refractivity contribution in [2.45, 2.75) is 13.8 Å². The molecular formula is C14H13NO2. The molecule has 0 N–H and O–H groups in total. The van der Waals surface area contributed by atoms with Gasteiger partial charge in [-0.25, -0.2) is 9.79 Å². The Hall–Kier alpha value is -2.16. The lowest BCUT2D eigenvalue weighted by atomic mass is 10.1. The molecule has 0 bridgehead atoms. The van der Waals surface area contributed by atoms with Crippen molar-refractivity contribution in [1.29, 1.82) is 0 Å². The van der Waals surface area contributed by atoms with E-state index in [1.165, 1.54) is 0 Å². The second-order valence-corrected chi connectivity index (χ2v) is 3.75. The van der Waals surface area contributed by atoms with Crippen LogP contribution in [0.5, 0.6) is 0 Å². The Balaban J connectivity index is 2.30. The summed E-state index contributed by atoms with van der Waals surface area (Å²) in [5, 5.41) is 0. The zero-order chi connectivity index (χ0) is 12.3. The number of rotatable bonds is 2. The number of nitrogens with zero attached hydrogens (tertiary/aromatic N) is 1. The first-order valence-corrected chi connectivity index (χ1v) is 5.41. The predicted octanol–water partition coefficient (Wildman–Crippen LogP) is 2.76. The number of cyclic esters (lactones) is 1. The highest BCUT2D eigenvalue weighted by Crippen LogP contribution is 2.16. The van der Waals surface area contributed by atoms with Gasteiger partial charge < -0.3 is 4.74 Å². The van der Waals surface area contributed by atoms with Gasteiger partial charge in [-0.05, 0) is 32.1 Å². The number of carbonyl (C=O) groups excluding carboxylic acids is 1. The monoisotopic (exact) mass is 227 g/mol. The van der Waals surface area contributed by atoms with Crippen LogP contribution >= 0.6 is 0 Å². The summed E-state index contributed by atoms with van der Waals surface area (Å²) >= 11 is 0. The van der Waals surface area contributed by atoms with Gasteiger partial charge in [0, 0.05) is 5.56 Å². The quantitative estimate of drug-likeness (QED) is 0.575. The van der Waals surface area contributed by atoms with Crippen LogP contribution in [0.15, 0.2) is 53.2 Å². The Morgan fingerprint density at radius 1 is 1.24 bits per heavy atom. The lowest BCUT2D eigenvalue weighted by Crippen LogP contribution is -2.05. The average molecular weight is 227 g/mol. The number of carbonyl (C=O) groups is 1. The summed E-state index contributed by atoms with van der Waals surface area (Å²) in [6.07, 6.45) is 5.24. The van der Waals surface area contributed by atoms with Crippen LogP contribution in [0.2, 0.25) is 0 Å². The van der Waals surface area contributed by atoms with Crippen LogP contribution in [0, 0.1) is 6.92 Å². The fraction of sp³-hybridized carbons (Fsp3) is 0.143. The van der Waals surface area contributed by atoms with E-state index in [-0.39, 0.29) is 0 Å². The van der Waals surface area contributed by atoms with Crippen molar-refractivity contribution in [3.8, 4) is 0 Å². The predicted molar refractivity (Wildman–Crippen MR) is 66.7 cm³/mol. The van der Waals surface area contributed by atoms with Crippen LogP contribution in [0.1, 0.15) is 18.1 Å². The molecule has 0 spiro atoms. The van der Waals surface area contributed by atoms with Crippen molar-refractivity contribution in [3.05, 3.63) is 59.3 Å². The normalized spacial score (nSPS) is 17.6. The molecule has 0 saturated carbocycles. The third-order valence-corrected chi connectivity index (χ3v) is 2.37. The maximum atomic E-state index is 11.5. The molecule has 3 nitrogen and oxygen atoms in total. The van der Waals surface area contributed by atoms with Gasteiger partial charge in [-0.2, -0.15) is 0 Å². The smallest absolute Gasteiger partial charge is 0.363 e. The fourth-order valence-electron chi connectivity index (χ4n) is 1.43. The number of hydrogen-bond acceptors (Lipinski definition) is 3. The summed E-state index contributed by atoms with van der Waals surface area (Å²) in [6, 6.07) is 7.69. The molecule has 0 radical (unpaired) electrons. The summed E-state index contributed by atoms with van der Waals surface area (Å²) in [5.41, 5.74) is 2.30. The third kappa shape index (κ3) is 2.50. The zero-order valence-corrected chi connectivity index (χ0v) is 9.81. The Bertz CT molecular complexity index is 522. The molecule has 86 valence electrons. The second-order valence-electron chi connectivity index (χ2n) is 3.75. The maximum absolute atomic E-state index is 11.5. The minimum absolute atomic E-state index is 0.332. The van der Waals surface area contributed by atoms with Gasteiger partial charge in [-0.15, -0.1) is 0 Å². The Morgan fingerprint density at radius 2 is 1.94 bits per heavy atom. The lowest BCUT2D eigenvalue weighted by molar-refractivity contribution is -0.130. The molecule has 0 fully saturated rings. The van der Waals surface area contributed by atoms with Crippen LogP contribution in [0.3, 0.4) is 0 Å². The van der Waals surface area contributed by atoms with Crippen LogP contribution in [0.25, 0.3) is 0 Å². The van der Waals surface area contributed by atoms with E-state index in [1.807, 2.05) is 44.2 Å². The fourth-order valence-corrected chi connectivity index (χ4v) is 1.43. The zero-order valence-electron chi connectivity index (χ0n) is 9.81. The van der Waals surface area contributed by atoms with E-state index in [2.05, 4.69) is 4.99 Å². The standard InChI is InChI=1S/C14H13NO2/c1-3-4-5-12-14(16)17-13(15-12)11-8-6-10(2)7-9-11/h3-9H,1-2H3/b4-3+,12-5-. The first-order valence-electron chi connectivity index (χ1n) is 5.41. The van der Waals surface area contributed by atoms with Crippen LogP contribution in [0.4, 0.5) is 0 Å². The largest absolute Gasteiger partial charge is 0.402 e. The molecule has 3 heteroatoms. The van der Waals surface area contributed by atoms with E-state index in [0.29, 0.717) is 11.6 Å². The highest BCUT2D eigenvalue weighted by atomic mass is 16.6. The summed E-state index contributed by atoms with van der Waals surface area (Å²) in [5.74, 6) is -0.0376. The SMILES string of the molecule is C/C=C/C=C1\N=C(c2ccc(C)cc2)OC1=O. The average Bonchev–Trinajstić information content (AvgIpc) is 2.69. The van der Waals surface area contributed by atoms with Gasteiger partial charge in [0.15, 0.2) is 5.70 Å². The molecule has 1 aromatic rings. The van der Waals surface area contributed by atoms with Crippen molar-refractivity contribution in [1.82, 2.24) is 0 Å². The maximum Gasteiger partial charge on any atom is 0.363 e. The molecular weight excluding hydrogens is 214 g/mol. The Kier molecular flexibility index (Phi) is 3.19. The highest BCUT2D eigenvalue weighted by Gasteiger charge is 2.23. The molecule has 17 heavy (non-hydrogen) atoms. The van der Waals surface area contributed by atoms with E-state index in [9.17, 15) is 4.79 Å². The first-order chi connectivity index (χ1) is 8.20. The molecule has 1 aromatic carbocycles. The third-order valence-electron chi connectivity index (χ3n) is 2.37. The Morgan fingerprint density at radius 3 is 2.59 bits per heavy atom. The minimum atomic E-state index is -0.404. The van der Waals surface area contributed by atoms with Gasteiger partial charge >= 0.3 is 5.97 Å². The van der Waals surface area contributed by atoms with Crippen molar-refractivity contribution < 1.29 is 9.53 Å². The van der Waals surface area contributed by atoms with Crippen molar-refractivity contribution in [2.75, 3.05) is 0 Å². The minimum Gasteiger partial charge on any atom is -0.402 e. The number of hydrogen-bond donors (Lipinski definition) is 0. The van der Waals surface area contributed by atoms with Gasteiger partial charge in [0.05, 0.1) is 0 Å². The van der Waals surface area contributed by atoms with E-state index in [0.717, 1.165) is 11.1 Å². The molecule has 2 rings (SSSR count). The molecule has 0 amide bonds. The van der Waals surface area contributed by atoms with Crippen LogP contribution in [-0.2, 0) is 9.53 Å². The summed E-state index contributed by atoms with van der Waals surface area (Å²) in [7, 11) is 0. The van der Waals surface area contributed by atoms with Crippen molar-refractivity contribution >= 4 is 11.9 Å². The van der Waals surface area contributed by atoms with Gasteiger partial charge in [0.1, 0.15) is 0 Å². The molecule has 0 saturated heterocycles. The molecule has 1 aliphatic rings. The van der Waals surface area contributed by atoms with Crippen molar-refractivity contribution in [3.63, 3.8) is 0 Å². The van der Waals surface area contributed by atoms with Gasteiger partial charge in [0.25, 0.3) is 0 Å². The number of aryl methyl sites for hydroxylation is 1. The molecule has 1 heterocycles. The lowest BCUT2D eigenvalue weighted by Gasteiger charge is -1.99. The molecule has 0 unspecified atom stereocenters. The summed E-state index contributed by atoms with van der Waals surface area (Å²) < 4.78 is 5.11. The van der Waals surface area contributed by atoms with Gasteiger partial charge in [0.2, 0.25) is 5.90 Å². The van der Waals surface area contributed by atoms with Gasteiger partial charge in [-0.3, -0.25) is 0 Å². The van der Waals surface area contributed by atoms with E-state index < -0.39 is 5.97 Å². The van der Waals surface area contributed by atoms with Gasteiger partial charge in [-0.1, -0.05) is 29.8 Å². The molecule has 0 aliphatic carbocycles. The Labute approximate surface area is 100 Å². The van der Waals surface area contributed by atoms with E-state index in [1.54, 1.807) is 12.2 Å². The number of benzene rings is 1. The van der Waals surface area contributed by atoms with E-state index in [4.69, 9.17) is 4.74 Å². The molecule has 0 atom stereocenters. The second kappa shape index (κ2) is 4.78. The molecule has 0 aromatic heterocycles. The number of allylic oxidation sites excluding steroid dienone is 3. The summed E-state index contributed by atoms with van der Waals surface area (Å²) in [6.45, 7) is 3.88. The number of ether oxygens (including phenoxy) is 1. The highest BCUT2D eigenvalue weighted by molar-refractivity contribution is 6.11. The topological polar surface area (TPSA) is 38.7 Å². The molecule has 1 aliphatic heterocycles. The first kappa shape index (κ1) is 11.3. The number of esters is 1. The summed E-state index contributed by atoms with van der Waals surface area (Å²) in [4.78, 5) is 15.7. The van der Waals surface area contributed by atoms with Crippen LogP contribution < -0.4 is 0 Å². The number of aliphatic imine (C=N–C) groups is 1.